The van der Waals surface area contributed by atoms with E-state index in [4.69, 9.17) is 4.74 Å². The average Bonchev–Trinajstić information content (AvgIpc) is 2.74. The number of nitrogens with one attached hydrogen (secondary N) is 1. The number of carbonyl (C=O) groups is 1. The lowest BCUT2D eigenvalue weighted by atomic mass is 10.1. The largest absolute Gasteiger partial charge is 0.483 e. The van der Waals surface area contributed by atoms with Gasteiger partial charge in [0.05, 0.1) is 6.21 Å². The second kappa shape index (κ2) is 9.55. The van der Waals surface area contributed by atoms with Crippen LogP contribution in [0.3, 0.4) is 0 Å². The lowest BCUT2D eigenvalue weighted by Crippen LogP contribution is -2.24. The summed E-state index contributed by atoms with van der Waals surface area (Å²) in [6.45, 7) is 6.11. The summed E-state index contributed by atoms with van der Waals surface area (Å²) in [6, 6.07) is 21.8. The Kier molecular flexibility index (Phi) is 6.63. The summed E-state index contributed by atoms with van der Waals surface area (Å²) in [5, 5.41) is 6.07. The quantitative estimate of drug-likeness (QED) is 0.474. The summed E-state index contributed by atoms with van der Waals surface area (Å²) in [6.07, 6.45) is 1.63. The molecule has 0 radical (unpaired) electrons. The van der Waals surface area contributed by atoms with Crippen molar-refractivity contribution in [2.24, 2.45) is 5.10 Å². The Bertz CT molecular complexity index is 942. The van der Waals surface area contributed by atoms with E-state index in [9.17, 15) is 4.79 Å². The molecule has 28 heavy (non-hydrogen) atoms. The van der Waals surface area contributed by atoms with Gasteiger partial charge in [-0.15, -0.1) is 0 Å². The van der Waals surface area contributed by atoms with Gasteiger partial charge in [-0.2, -0.15) is 5.10 Å². The summed E-state index contributed by atoms with van der Waals surface area (Å²) >= 11 is 0. The van der Waals surface area contributed by atoms with Crippen LogP contribution in [-0.4, -0.2) is 31.8 Å². The number of ether oxygens (including phenoxy) is 1. The number of hydrazone groups is 1. The molecule has 0 unspecified atom stereocenters. The van der Waals surface area contributed by atoms with Gasteiger partial charge in [0.15, 0.2) is 6.61 Å². The van der Waals surface area contributed by atoms with Crippen molar-refractivity contribution in [3.05, 3.63) is 72.3 Å². The van der Waals surface area contributed by atoms with Gasteiger partial charge in [-0.3, -0.25) is 4.79 Å². The first-order valence-corrected chi connectivity index (χ1v) is 9.48. The predicted molar refractivity (Wildman–Crippen MR) is 115 cm³/mol. The standard InChI is InChI=1S/C23H25N3O2/c1-3-26(4-2)20-14-12-18(13-15-20)16-24-25-23(27)17-28-22-11-7-9-19-8-5-6-10-21(19)22/h5-16H,3-4,17H2,1-2H3,(H,25,27)/b24-16-. The fourth-order valence-electron chi connectivity index (χ4n) is 3.04. The molecule has 0 aliphatic heterocycles. The second-order valence-electron chi connectivity index (χ2n) is 6.32. The lowest BCUT2D eigenvalue weighted by Gasteiger charge is -2.20. The number of hydrogen-bond acceptors (Lipinski definition) is 4. The van der Waals surface area contributed by atoms with Crippen LogP contribution in [0.15, 0.2) is 71.8 Å². The molecular formula is C23H25N3O2. The molecule has 0 aliphatic carbocycles. The molecule has 0 saturated carbocycles. The van der Waals surface area contributed by atoms with Crippen LogP contribution >= 0.6 is 0 Å². The predicted octanol–water partition coefficient (Wildman–Crippen LogP) is 4.22. The fraction of sp³-hybridized carbons (Fsp3) is 0.217. The number of amides is 1. The molecule has 5 heteroatoms. The molecule has 5 nitrogen and oxygen atoms in total. The van der Waals surface area contributed by atoms with Gasteiger partial charge in [-0.05, 0) is 43.0 Å². The monoisotopic (exact) mass is 375 g/mol. The minimum Gasteiger partial charge on any atom is -0.483 e. The van der Waals surface area contributed by atoms with E-state index in [1.165, 1.54) is 5.69 Å². The number of fused-ring (bicyclic) bond motifs is 1. The van der Waals surface area contributed by atoms with E-state index >= 15 is 0 Å². The Morgan fingerprint density at radius 1 is 1.00 bits per heavy atom. The number of carbonyl (C=O) groups excluding carboxylic acids is 1. The van der Waals surface area contributed by atoms with Crippen molar-refractivity contribution in [1.82, 2.24) is 5.43 Å². The van der Waals surface area contributed by atoms with Gasteiger partial charge in [-0.1, -0.05) is 48.5 Å². The summed E-state index contributed by atoms with van der Waals surface area (Å²) in [5.41, 5.74) is 4.60. The molecule has 0 heterocycles. The Labute approximate surface area is 165 Å². The molecule has 1 amide bonds. The molecule has 3 aromatic carbocycles. The normalized spacial score (nSPS) is 10.9. The Morgan fingerprint density at radius 2 is 1.71 bits per heavy atom. The molecule has 3 rings (SSSR count). The Hall–Kier alpha value is -3.34. The zero-order chi connectivity index (χ0) is 19.8. The molecule has 0 fully saturated rings. The smallest absolute Gasteiger partial charge is 0.277 e. The van der Waals surface area contributed by atoms with Crippen LogP contribution in [-0.2, 0) is 4.79 Å². The third-order valence-corrected chi connectivity index (χ3v) is 4.53. The first kappa shape index (κ1) is 19.4. The second-order valence-corrected chi connectivity index (χ2v) is 6.32. The van der Waals surface area contributed by atoms with Crippen LogP contribution in [0.5, 0.6) is 5.75 Å². The van der Waals surface area contributed by atoms with Crippen LogP contribution in [0.2, 0.25) is 0 Å². The molecule has 1 N–H and O–H groups in total. The Balaban J connectivity index is 1.52. The molecular weight excluding hydrogens is 350 g/mol. The van der Waals surface area contributed by atoms with E-state index in [2.05, 4.69) is 41.4 Å². The first-order chi connectivity index (χ1) is 13.7. The lowest BCUT2D eigenvalue weighted by molar-refractivity contribution is -0.123. The minimum absolute atomic E-state index is 0.0910. The molecule has 0 aromatic heterocycles. The van der Waals surface area contributed by atoms with Crippen LogP contribution in [0.4, 0.5) is 5.69 Å². The number of rotatable bonds is 8. The van der Waals surface area contributed by atoms with Crippen molar-refractivity contribution >= 4 is 28.6 Å². The van der Waals surface area contributed by atoms with E-state index in [1.54, 1.807) is 6.21 Å². The number of benzene rings is 3. The van der Waals surface area contributed by atoms with E-state index in [0.717, 1.165) is 29.4 Å². The molecule has 0 atom stereocenters. The van der Waals surface area contributed by atoms with Crippen LogP contribution in [0, 0.1) is 0 Å². The van der Waals surface area contributed by atoms with Gasteiger partial charge in [0.25, 0.3) is 5.91 Å². The van der Waals surface area contributed by atoms with Gasteiger partial charge in [0, 0.05) is 24.2 Å². The summed E-state index contributed by atoms with van der Waals surface area (Å²) < 4.78 is 5.66. The van der Waals surface area contributed by atoms with Gasteiger partial charge < -0.3 is 9.64 Å². The topological polar surface area (TPSA) is 53.9 Å². The average molecular weight is 375 g/mol. The van der Waals surface area contributed by atoms with Gasteiger partial charge in [-0.25, -0.2) is 5.43 Å². The molecule has 3 aromatic rings. The van der Waals surface area contributed by atoms with E-state index in [0.29, 0.717) is 5.75 Å². The fourth-order valence-corrected chi connectivity index (χ4v) is 3.04. The third-order valence-electron chi connectivity index (χ3n) is 4.53. The first-order valence-electron chi connectivity index (χ1n) is 9.48. The van der Waals surface area contributed by atoms with E-state index < -0.39 is 0 Å². The summed E-state index contributed by atoms with van der Waals surface area (Å²) in [7, 11) is 0. The summed E-state index contributed by atoms with van der Waals surface area (Å²) in [4.78, 5) is 14.3. The maximum Gasteiger partial charge on any atom is 0.277 e. The highest BCUT2D eigenvalue weighted by molar-refractivity contribution is 5.89. The van der Waals surface area contributed by atoms with Crippen LogP contribution in [0.25, 0.3) is 10.8 Å². The number of anilines is 1. The van der Waals surface area contributed by atoms with Crippen molar-refractivity contribution in [1.29, 1.82) is 0 Å². The van der Waals surface area contributed by atoms with Gasteiger partial charge in [0.1, 0.15) is 5.75 Å². The highest BCUT2D eigenvalue weighted by Gasteiger charge is 2.05. The minimum atomic E-state index is -0.302. The maximum atomic E-state index is 12.0. The van der Waals surface area contributed by atoms with Crippen molar-refractivity contribution in [3.8, 4) is 5.75 Å². The highest BCUT2D eigenvalue weighted by Crippen LogP contribution is 2.24. The van der Waals surface area contributed by atoms with Crippen molar-refractivity contribution in [2.75, 3.05) is 24.6 Å². The van der Waals surface area contributed by atoms with E-state index in [1.807, 2.05) is 54.6 Å². The van der Waals surface area contributed by atoms with Gasteiger partial charge >= 0.3 is 0 Å². The number of hydrogen-bond donors (Lipinski definition) is 1. The number of nitrogens with zero attached hydrogens (tertiary/aromatic N) is 2. The molecule has 0 saturated heterocycles. The molecule has 144 valence electrons. The molecule has 0 spiro atoms. The van der Waals surface area contributed by atoms with Crippen molar-refractivity contribution < 1.29 is 9.53 Å². The van der Waals surface area contributed by atoms with Crippen LogP contribution < -0.4 is 15.1 Å². The Morgan fingerprint density at radius 3 is 2.46 bits per heavy atom. The summed E-state index contributed by atoms with van der Waals surface area (Å²) in [5.74, 6) is 0.383. The van der Waals surface area contributed by atoms with Crippen LogP contribution in [0.1, 0.15) is 19.4 Å². The maximum absolute atomic E-state index is 12.0. The van der Waals surface area contributed by atoms with Crippen molar-refractivity contribution in [2.45, 2.75) is 13.8 Å². The highest BCUT2D eigenvalue weighted by atomic mass is 16.5. The third kappa shape index (κ3) is 4.88. The van der Waals surface area contributed by atoms with Crippen molar-refractivity contribution in [3.63, 3.8) is 0 Å². The molecule has 0 bridgehead atoms. The van der Waals surface area contributed by atoms with Gasteiger partial charge in [0.2, 0.25) is 0 Å². The zero-order valence-electron chi connectivity index (χ0n) is 16.3. The SMILES string of the molecule is CCN(CC)c1ccc(/C=N\NC(=O)COc2cccc3ccccc23)cc1. The van der Waals surface area contributed by atoms with E-state index in [-0.39, 0.29) is 12.5 Å². The zero-order valence-corrected chi connectivity index (χ0v) is 16.3. The molecule has 0 aliphatic rings.